The summed E-state index contributed by atoms with van der Waals surface area (Å²) in [6, 6.07) is 37.2. The molecule has 0 bridgehead atoms. The van der Waals surface area contributed by atoms with Crippen molar-refractivity contribution in [1.29, 1.82) is 0 Å². The highest BCUT2D eigenvalue weighted by atomic mass is 32.1. The summed E-state index contributed by atoms with van der Waals surface area (Å²) >= 11 is 1.58. The summed E-state index contributed by atoms with van der Waals surface area (Å²) in [6.07, 6.45) is 0. The van der Waals surface area contributed by atoms with Crippen LogP contribution < -0.4 is 4.57 Å². The molecule has 1 aromatic heterocycles. The lowest BCUT2D eigenvalue weighted by molar-refractivity contribution is -0.659. The lowest BCUT2D eigenvalue weighted by Gasteiger charge is -2.09. The molecule has 0 spiro atoms. The zero-order valence-electron chi connectivity index (χ0n) is 17.4. The Morgan fingerprint density at radius 1 is 0.688 bits per heavy atom. The van der Waals surface area contributed by atoms with Crippen molar-refractivity contribution in [2.75, 3.05) is 0 Å². The summed E-state index contributed by atoms with van der Waals surface area (Å²) in [4.78, 5) is 14.2. The molecule has 3 heteroatoms. The summed E-state index contributed by atoms with van der Waals surface area (Å²) in [6.45, 7) is 0.661. The van der Waals surface area contributed by atoms with Gasteiger partial charge in [0.2, 0.25) is 5.52 Å². The average Bonchev–Trinajstić information content (AvgIpc) is 3.21. The Kier molecular flexibility index (Phi) is 4.55. The monoisotopic (exact) mass is 430 g/mol. The summed E-state index contributed by atoms with van der Waals surface area (Å²) in [5.41, 5.74) is 3.05. The highest BCUT2D eigenvalue weighted by Gasteiger charge is 2.30. The molecule has 0 fully saturated rings. The van der Waals surface area contributed by atoms with Crippen LogP contribution in [0.15, 0.2) is 109 Å². The lowest BCUT2D eigenvalue weighted by Crippen LogP contribution is -2.39. The van der Waals surface area contributed by atoms with Gasteiger partial charge in [0.05, 0.1) is 0 Å². The zero-order valence-corrected chi connectivity index (χ0v) is 18.2. The number of hydrogen-bond acceptors (Lipinski definition) is 2. The van der Waals surface area contributed by atoms with Crippen LogP contribution in [0.2, 0.25) is 0 Å². The minimum atomic E-state index is 0.0788. The molecule has 0 amide bonds. The molecule has 6 aromatic rings. The number of aromatic nitrogens is 1. The number of ketones is 1. The normalized spacial score (nSPS) is 11.4. The van der Waals surface area contributed by atoms with Gasteiger partial charge in [-0.05, 0) is 33.7 Å². The quantitative estimate of drug-likeness (QED) is 0.172. The van der Waals surface area contributed by atoms with E-state index in [-0.39, 0.29) is 5.78 Å². The molecule has 1 heterocycles. The molecular formula is C29H20NOS+. The highest BCUT2D eigenvalue weighted by molar-refractivity contribution is 7.20. The number of benzene rings is 5. The maximum atomic E-state index is 14.2. The summed E-state index contributed by atoms with van der Waals surface area (Å²) in [5, 5.41) is 4.94. The third-order valence-corrected chi connectivity index (χ3v) is 7.15. The Balaban J connectivity index is 1.63. The van der Waals surface area contributed by atoms with Crippen LogP contribution >= 0.6 is 11.3 Å². The second-order valence-electron chi connectivity index (χ2n) is 7.97. The topological polar surface area (TPSA) is 20.9 Å². The molecule has 0 atom stereocenters. The van der Waals surface area contributed by atoms with E-state index in [1.165, 1.54) is 5.56 Å². The Bertz CT molecular complexity index is 1560. The molecule has 32 heavy (non-hydrogen) atoms. The van der Waals surface area contributed by atoms with Gasteiger partial charge in [-0.2, -0.15) is 4.57 Å². The van der Waals surface area contributed by atoms with E-state index in [0.717, 1.165) is 42.3 Å². The SMILES string of the molecule is O=C(c1c2ccccc2cc2ccccc12)c1sc2ccccc2[n+]1Cc1ccccc1. The number of para-hydroxylation sites is 1. The smallest absolute Gasteiger partial charge is 0.281 e. The van der Waals surface area contributed by atoms with E-state index < -0.39 is 0 Å². The van der Waals surface area contributed by atoms with Crippen LogP contribution in [0.5, 0.6) is 0 Å². The van der Waals surface area contributed by atoms with E-state index in [9.17, 15) is 4.79 Å². The van der Waals surface area contributed by atoms with Gasteiger partial charge < -0.3 is 0 Å². The second-order valence-corrected chi connectivity index (χ2v) is 9.00. The number of thiazole rings is 1. The maximum Gasteiger partial charge on any atom is 0.311 e. The van der Waals surface area contributed by atoms with E-state index in [2.05, 4.69) is 59.2 Å². The molecule has 0 aliphatic rings. The van der Waals surface area contributed by atoms with Crippen molar-refractivity contribution in [1.82, 2.24) is 0 Å². The summed E-state index contributed by atoms with van der Waals surface area (Å²) in [7, 11) is 0. The number of hydrogen-bond donors (Lipinski definition) is 0. The molecule has 2 nitrogen and oxygen atoms in total. The minimum absolute atomic E-state index is 0.0788. The molecule has 0 radical (unpaired) electrons. The molecule has 152 valence electrons. The first kappa shape index (κ1) is 18.9. The Labute approximate surface area is 190 Å². The Morgan fingerprint density at radius 3 is 2.00 bits per heavy atom. The van der Waals surface area contributed by atoms with Gasteiger partial charge in [0.25, 0.3) is 5.78 Å². The molecule has 0 aliphatic heterocycles. The van der Waals surface area contributed by atoms with Crippen LogP contribution in [-0.4, -0.2) is 5.78 Å². The van der Waals surface area contributed by atoms with Gasteiger partial charge in [0.15, 0.2) is 6.54 Å². The number of fused-ring (bicyclic) bond motifs is 3. The number of nitrogens with zero attached hydrogens (tertiary/aromatic N) is 1. The fraction of sp³-hybridized carbons (Fsp3) is 0.0345. The zero-order chi connectivity index (χ0) is 21.5. The second kappa shape index (κ2) is 7.70. The molecular weight excluding hydrogens is 410 g/mol. The van der Waals surface area contributed by atoms with Crippen LogP contribution in [0.4, 0.5) is 0 Å². The standard InChI is InChI=1S/C29H20NOS/c31-28(27-23-14-6-4-12-21(23)18-22-13-5-7-15-24(22)27)29-30(19-20-10-2-1-3-11-20)25-16-8-9-17-26(25)32-29/h1-18H,19H2/q+1. The first-order valence-corrected chi connectivity index (χ1v) is 11.5. The van der Waals surface area contributed by atoms with E-state index >= 15 is 0 Å². The predicted molar refractivity (Wildman–Crippen MR) is 132 cm³/mol. The highest BCUT2D eigenvalue weighted by Crippen LogP contribution is 2.32. The van der Waals surface area contributed by atoms with E-state index in [4.69, 9.17) is 0 Å². The Morgan fingerprint density at radius 2 is 1.28 bits per heavy atom. The third kappa shape index (κ3) is 3.10. The van der Waals surface area contributed by atoms with E-state index in [0.29, 0.717) is 6.54 Å². The first-order chi connectivity index (χ1) is 15.8. The Hall–Kier alpha value is -3.82. The van der Waals surface area contributed by atoms with Gasteiger partial charge in [-0.3, -0.25) is 4.79 Å². The molecule has 0 N–H and O–H groups in total. The number of carbonyl (C=O) groups is 1. The van der Waals surface area contributed by atoms with Crippen molar-refractivity contribution >= 4 is 48.9 Å². The van der Waals surface area contributed by atoms with Crippen LogP contribution in [0.1, 0.15) is 20.9 Å². The fourth-order valence-electron chi connectivity index (χ4n) is 4.49. The summed E-state index contributed by atoms with van der Waals surface area (Å²) < 4.78 is 3.30. The maximum absolute atomic E-state index is 14.2. The molecule has 5 aromatic carbocycles. The molecule has 6 rings (SSSR count). The average molecular weight is 431 g/mol. The van der Waals surface area contributed by atoms with Crippen molar-refractivity contribution in [2.24, 2.45) is 0 Å². The largest absolute Gasteiger partial charge is 0.311 e. The lowest BCUT2D eigenvalue weighted by atomic mass is 9.94. The van der Waals surface area contributed by atoms with Crippen molar-refractivity contribution in [3.05, 3.63) is 125 Å². The third-order valence-electron chi connectivity index (χ3n) is 5.98. The van der Waals surface area contributed by atoms with Crippen molar-refractivity contribution in [2.45, 2.75) is 6.54 Å². The van der Waals surface area contributed by atoms with Gasteiger partial charge >= 0.3 is 5.01 Å². The van der Waals surface area contributed by atoms with Crippen LogP contribution in [0.25, 0.3) is 31.8 Å². The van der Waals surface area contributed by atoms with Gasteiger partial charge in [-0.1, -0.05) is 102 Å². The van der Waals surface area contributed by atoms with Crippen LogP contribution in [-0.2, 0) is 6.54 Å². The minimum Gasteiger partial charge on any atom is -0.281 e. The molecule has 0 saturated carbocycles. The summed E-state index contributed by atoms with van der Waals surface area (Å²) in [5.74, 6) is 0.0788. The molecule has 0 saturated heterocycles. The fourth-order valence-corrected chi connectivity index (χ4v) is 5.60. The van der Waals surface area contributed by atoms with Gasteiger partial charge in [0.1, 0.15) is 4.70 Å². The molecule has 0 aliphatic carbocycles. The van der Waals surface area contributed by atoms with Gasteiger partial charge in [0, 0.05) is 17.2 Å². The van der Waals surface area contributed by atoms with Crippen molar-refractivity contribution in [3.8, 4) is 0 Å². The van der Waals surface area contributed by atoms with Gasteiger partial charge in [-0.25, -0.2) is 0 Å². The van der Waals surface area contributed by atoms with Crippen molar-refractivity contribution in [3.63, 3.8) is 0 Å². The molecule has 0 unspecified atom stereocenters. The number of carbonyl (C=O) groups excluding carboxylic acids is 1. The first-order valence-electron chi connectivity index (χ1n) is 10.7. The van der Waals surface area contributed by atoms with E-state index in [1.54, 1.807) is 11.3 Å². The number of rotatable bonds is 4. The van der Waals surface area contributed by atoms with Crippen LogP contribution in [0.3, 0.4) is 0 Å². The van der Waals surface area contributed by atoms with E-state index in [1.807, 2.05) is 54.6 Å². The predicted octanol–water partition coefficient (Wildman–Crippen LogP) is 6.77. The van der Waals surface area contributed by atoms with Gasteiger partial charge in [-0.15, -0.1) is 0 Å². The van der Waals surface area contributed by atoms with Crippen molar-refractivity contribution < 1.29 is 9.36 Å². The van der Waals surface area contributed by atoms with Crippen LogP contribution in [0, 0.1) is 0 Å².